The van der Waals surface area contributed by atoms with Crippen LogP contribution in [0.15, 0.2) is 48.7 Å². The number of rotatable bonds is 6. The molecule has 7 heteroatoms. The zero-order chi connectivity index (χ0) is 26.9. The van der Waals surface area contributed by atoms with E-state index in [2.05, 4.69) is 11.0 Å². The molecule has 6 rings (SSSR count). The van der Waals surface area contributed by atoms with Gasteiger partial charge in [-0.15, -0.1) is 0 Å². The van der Waals surface area contributed by atoms with Gasteiger partial charge >= 0.3 is 0 Å². The molecule has 3 aromatic rings. The van der Waals surface area contributed by atoms with Gasteiger partial charge in [-0.25, -0.2) is 14.4 Å². The number of amides is 1. The van der Waals surface area contributed by atoms with E-state index < -0.39 is 5.82 Å². The normalized spacial score (nSPS) is 20.4. The molecule has 1 saturated heterocycles. The van der Waals surface area contributed by atoms with Crippen LogP contribution in [-0.2, 0) is 13.0 Å². The molecule has 2 unspecified atom stereocenters. The molecule has 1 aromatic heterocycles. The quantitative estimate of drug-likeness (QED) is 0.377. The van der Waals surface area contributed by atoms with Gasteiger partial charge in [-0.1, -0.05) is 43.5 Å². The van der Waals surface area contributed by atoms with Gasteiger partial charge in [-0.3, -0.25) is 4.79 Å². The molecule has 1 aliphatic carbocycles. The fourth-order valence-corrected chi connectivity index (χ4v) is 6.50. The van der Waals surface area contributed by atoms with E-state index in [4.69, 9.17) is 14.7 Å². The van der Waals surface area contributed by atoms with Gasteiger partial charge in [0.25, 0.3) is 5.91 Å². The molecule has 2 fully saturated rings. The molecule has 0 N–H and O–H groups in total. The highest BCUT2D eigenvalue weighted by Gasteiger charge is 2.33. The number of ether oxygens (including phenoxy) is 1. The first-order valence-corrected chi connectivity index (χ1v) is 14.4. The number of piperidine rings is 1. The highest BCUT2D eigenvalue weighted by Crippen LogP contribution is 2.37. The number of anilines is 1. The van der Waals surface area contributed by atoms with Crippen LogP contribution in [-0.4, -0.2) is 46.5 Å². The Morgan fingerprint density at radius 2 is 1.95 bits per heavy atom. The minimum Gasteiger partial charge on any atom is -0.493 e. The number of aromatic nitrogens is 2. The smallest absolute Gasteiger partial charge is 0.258 e. The van der Waals surface area contributed by atoms with E-state index in [9.17, 15) is 4.79 Å². The average molecular weight is 529 g/mol. The van der Waals surface area contributed by atoms with E-state index in [1.165, 1.54) is 37.3 Å². The Hall–Kier alpha value is -3.48. The van der Waals surface area contributed by atoms with Crippen molar-refractivity contribution in [2.45, 2.75) is 65.0 Å². The summed E-state index contributed by atoms with van der Waals surface area (Å²) in [5, 5.41) is 0. The molecule has 3 aliphatic rings. The van der Waals surface area contributed by atoms with Crippen molar-refractivity contribution >= 4 is 11.9 Å². The molecule has 1 amide bonds. The van der Waals surface area contributed by atoms with Crippen LogP contribution in [0.1, 0.15) is 67.4 Å². The van der Waals surface area contributed by atoms with Crippen molar-refractivity contribution in [3.05, 3.63) is 71.2 Å². The van der Waals surface area contributed by atoms with Crippen LogP contribution in [0.3, 0.4) is 0 Å². The first-order valence-electron chi connectivity index (χ1n) is 14.4. The van der Waals surface area contributed by atoms with Crippen molar-refractivity contribution in [2.75, 3.05) is 24.6 Å². The maximum absolute atomic E-state index is 15.1. The van der Waals surface area contributed by atoms with E-state index in [-0.39, 0.29) is 11.9 Å². The Balaban J connectivity index is 1.33. The molecule has 39 heavy (non-hydrogen) atoms. The number of benzene rings is 2. The van der Waals surface area contributed by atoms with Crippen molar-refractivity contribution in [2.24, 2.45) is 11.8 Å². The number of halogens is 1. The van der Waals surface area contributed by atoms with Crippen molar-refractivity contribution in [1.82, 2.24) is 14.9 Å². The van der Waals surface area contributed by atoms with Crippen molar-refractivity contribution in [3.63, 3.8) is 0 Å². The van der Waals surface area contributed by atoms with Gasteiger partial charge < -0.3 is 14.5 Å². The minimum atomic E-state index is -0.392. The monoisotopic (exact) mass is 528 g/mol. The molecule has 3 heterocycles. The minimum absolute atomic E-state index is 0.0690. The average Bonchev–Trinajstić information content (AvgIpc) is 3.43. The van der Waals surface area contributed by atoms with Crippen molar-refractivity contribution in [3.8, 4) is 17.0 Å². The summed E-state index contributed by atoms with van der Waals surface area (Å²) in [7, 11) is 0. The van der Waals surface area contributed by atoms with Gasteiger partial charge in [-0.05, 0) is 67.9 Å². The van der Waals surface area contributed by atoms with Crippen LogP contribution in [0.5, 0.6) is 5.75 Å². The Morgan fingerprint density at radius 3 is 2.77 bits per heavy atom. The van der Waals surface area contributed by atoms with Gasteiger partial charge in [0, 0.05) is 43.9 Å². The van der Waals surface area contributed by atoms with Crippen LogP contribution in [0, 0.1) is 17.7 Å². The molecular formula is C32H37FN4O2. The summed E-state index contributed by atoms with van der Waals surface area (Å²) >= 11 is 0. The number of fused-ring (bicyclic) bond motifs is 2. The molecule has 0 radical (unpaired) electrons. The standard InChI is InChI=1S/C32H37FN4O2/c1-21(2)37(19-22-11-12-29-24(17-22)14-16-39-29)31(38)27-18-34-32(35-30(27)26-9-5-6-10-28(26)33)36-15-13-23-7-3-4-8-25(23)20-36/h5-6,9-12,17-18,21,23,25H,3-4,7-8,13-16,19-20H2,1-2H3. The van der Waals surface area contributed by atoms with Gasteiger partial charge in [0.15, 0.2) is 0 Å². The summed E-state index contributed by atoms with van der Waals surface area (Å²) in [6.07, 6.45) is 8.81. The molecule has 0 bridgehead atoms. The third kappa shape index (κ3) is 5.23. The SMILES string of the molecule is CC(C)N(Cc1ccc2c(c1)CCO2)C(=O)c1cnc(N2CCC3CCCCC3C2)nc1-c1ccccc1F. The predicted molar refractivity (Wildman–Crippen MR) is 150 cm³/mol. The zero-order valence-corrected chi connectivity index (χ0v) is 22.9. The van der Waals surface area contributed by atoms with Gasteiger partial charge in [-0.2, -0.15) is 0 Å². The summed E-state index contributed by atoms with van der Waals surface area (Å²) in [6.45, 7) is 6.96. The second-order valence-electron chi connectivity index (χ2n) is 11.5. The Labute approximate surface area is 230 Å². The summed E-state index contributed by atoms with van der Waals surface area (Å²) < 4.78 is 20.8. The lowest BCUT2D eigenvalue weighted by Gasteiger charge is -2.41. The molecular weight excluding hydrogens is 491 g/mol. The maximum Gasteiger partial charge on any atom is 0.258 e. The largest absolute Gasteiger partial charge is 0.493 e. The second-order valence-corrected chi connectivity index (χ2v) is 11.5. The molecule has 6 nitrogen and oxygen atoms in total. The van der Waals surface area contributed by atoms with Crippen LogP contribution < -0.4 is 9.64 Å². The number of hydrogen-bond donors (Lipinski definition) is 0. The van der Waals surface area contributed by atoms with Crippen molar-refractivity contribution < 1.29 is 13.9 Å². The Kier molecular flexibility index (Phi) is 7.24. The zero-order valence-electron chi connectivity index (χ0n) is 22.9. The third-order valence-electron chi connectivity index (χ3n) is 8.70. The lowest BCUT2D eigenvalue weighted by atomic mass is 9.75. The van der Waals surface area contributed by atoms with Crippen LogP contribution in [0.2, 0.25) is 0 Å². The Bertz CT molecular complexity index is 1360. The molecule has 2 aromatic carbocycles. The molecule has 204 valence electrons. The second kappa shape index (κ2) is 10.9. The molecule has 1 saturated carbocycles. The first kappa shape index (κ1) is 25.8. The number of nitrogens with zero attached hydrogens (tertiary/aromatic N) is 4. The van der Waals surface area contributed by atoms with Gasteiger partial charge in [0.1, 0.15) is 11.6 Å². The van der Waals surface area contributed by atoms with E-state index in [1.807, 2.05) is 30.9 Å². The van der Waals surface area contributed by atoms with Gasteiger partial charge in [0.05, 0.1) is 17.9 Å². The lowest BCUT2D eigenvalue weighted by Crippen LogP contribution is -2.42. The van der Waals surface area contributed by atoms with Crippen molar-refractivity contribution in [1.29, 1.82) is 0 Å². The topological polar surface area (TPSA) is 58.6 Å². The fraction of sp³-hybridized carbons (Fsp3) is 0.469. The predicted octanol–water partition coefficient (Wildman–Crippen LogP) is 6.28. The summed E-state index contributed by atoms with van der Waals surface area (Å²) in [5.74, 6) is 2.36. The van der Waals surface area contributed by atoms with Crippen LogP contribution in [0.25, 0.3) is 11.3 Å². The number of carbonyl (C=O) groups is 1. The first-order chi connectivity index (χ1) is 19.0. The summed E-state index contributed by atoms with van der Waals surface area (Å²) in [5.41, 5.74) is 3.23. The third-order valence-corrected chi connectivity index (χ3v) is 8.70. The highest BCUT2D eigenvalue weighted by atomic mass is 19.1. The number of hydrogen-bond acceptors (Lipinski definition) is 5. The highest BCUT2D eigenvalue weighted by molar-refractivity contribution is 6.00. The summed E-state index contributed by atoms with van der Waals surface area (Å²) in [4.78, 5) is 27.7. The van der Waals surface area contributed by atoms with Crippen LogP contribution >= 0.6 is 0 Å². The lowest BCUT2D eigenvalue weighted by molar-refractivity contribution is 0.0690. The maximum atomic E-state index is 15.1. The van der Waals surface area contributed by atoms with Crippen LogP contribution in [0.4, 0.5) is 10.3 Å². The van der Waals surface area contributed by atoms with E-state index >= 15 is 4.39 Å². The van der Waals surface area contributed by atoms with Gasteiger partial charge in [0.2, 0.25) is 5.95 Å². The number of carbonyl (C=O) groups excluding carboxylic acids is 1. The molecule has 2 aliphatic heterocycles. The Morgan fingerprint density at radius 1 is 1.13 bits per heavy atom. The summed E-state index contributed by atoms with van der Waals surface area (Å²) in [6, 6.07) is 12.6. The molecule has 0 spiro atoms. The fourth-order valence-electron chi connectivity index (χ4n) is 6.50. The van der Waals surface area contributed by atoms with E-state index in [1.54, 1.807) is 24.4 Å². The van der Waals surface area contributed by atoms with E-state index in [0.717, 1.165) is 43.2 Å². The molecule has 2 atom stereocenters. The van der Waals surface area contributed by atoms with E-state index in [0.29, 0.717) is 41.8 Å².